The second kappa shape index (κ2) is 5.89. The Morgan fingerprint density at radius 1 is 1.59 bits per heavy atom. The Kier molecular flexibility index (Phi) is 4.23. The average molecular weight is 255 g/mol. The monoisotopic (exact) mass is 254 g/mol. The van der Waals surface area contributed by atoms with Crippen molar-refractivity contribution in [2.24, 2.45) is 0 Å². The van der Waals surface area contributed by atoms with E-state index in [0.717, 1.165) is 19.4 Å². The van der Waals surface area contributed by atoms with E-state index in [2.05, 4.69) is 10.6 Å². The third-order valence-electron chi connectivity index (χ3n) is 2.65. The number of carbonyl (C=O) groups excluding carboxylic acids is 1. The van der Waals surface area contributed by atoms with Gasteiger partial charge in [0.25, 0.3) is 0 Å². The largest absolute Gasteiger partial charge is 0.448 e. The van der Waals surface area contributed by atoms with Gasteiger partial charge < -0.3 is 10.1 Å². The lowest BCUT2D eigenvalue weighted by Crippen LogP contribution is -2.29. The molecular weight excluding hydrogens is 240 g/mol. The minimum atomic E-state index is -0.444. The van der Waals surface area contributed by atoms with Gasteiger partial charge in [-0.1, -0.05) is 17.7 Å². The van der Waals surface area contributed by atoms with Crippen molar-refractivity contribution in [3.05, 3.63) is 29.3 Å². The zero-order valence-electron chi connectivity index (χ0n) is 9.41. The van der Waals surface area contributed by atoms with Crippen LogP contribution >= 0.6 is 11.6 Å². The molecule has 92 valence electrons. The van der Waals surface area contributed by atoms with E-state index < -0.39 is 6.09 Å². The van der Waals surface area contributed by atoms with Crippen molar-refractivity contribution in [2.45, 2.75) is 18.9 Å². The first kappa shape index (κ1) is 12.2. The molecule has 2 N–H and O–H groups in total. The predicted octanol–water partition coefficient (Wildman–Crippen LogP) is 2.64. The van der Waals surface area contributed by atoms with Gasteiger partial charge >= 0.3 is 6.09 Å². The molecule has 0 bridgehead atoms. The van der Waals surface area contributed by atoms with Crippen molar-refractivity contribution in [1.82, 2.24) is 5.32 Å². The highest BCUT2D eigenvalue weighted by Crippen LogP contribution is 2.15. The van der Waals surface area contributed by atoms with Gasteiger partial charge in [-0.25, -0.2) is 4.79 Å². The second-order valence-corrected chi connectivity index (χ2v) is 4.46. The number of hydrogen-bond acceptors (Lipinski definition) is 3. The summed E-state index contributed by atoms with van der Waals surface area (Å²) in [6.07, 6.45) is 1.76. The van der Waals surface area contributed by atoms with E-state index in [0.29, 0.717) is 23.4 Å². The number of anilines is 1. The van der Waals surface area contributed by atoms with E-state index in [1.54, 1.807) is 24.3 Å². The molecule has 1 aromatic rings. The number of amides is 1. The molecule has 1 amide bonds. The maximum atomic E-state index is 11.5. The molecule has 0 saturated carbocycles. The zero-order valence-corrected chi connectivity index (χ0v) is 10.2. The highest BCUT2D eigenvalue weighted by Gasteiger charge is 2.15. The van der Waals surface area contributed by atoms with Crippen LogP contribution in [-0.4, -0.2) is 25.3 Å². The lowest BCUT2D eigenvalue weighted by atomic mass is 10.2. The van der Waals surface area contributed by atoms with E-state index in [4.69, 9.17) is 16.3 Å². The highest BCUT2D eigenvalue weighted by atomic mass is 35.5. The van der Waals surface area contributed by atoms with E-state index in [1.807, 2.05) is 0 Å². The molecule has 1 saturated heterocycles. The molecule has 0 aliphatic carbocycles. The van der Waals surface area contributed by atoms with Crippen LogP contribution in [0, 0.1) is 0 Å². The molecule has 1 aliphatic rings. The molecule has 5 heteroatoms. The first-order valence-electron chi connectivity index (χ1n) is 5.67. The van der Waals surface area contributed by atoms with Crippen LogP contribution in [0.25, 0.3) is 0 Å². The highest BCUT2D eigenvalue weighted by molar-refractivity contribution is 6.30. The number of ether oxygens (including phenoxy) is 1. The number of halogens is 1. The minimum absolute atomic E-state index is 0.292. The summed E-state index contributed by atoms with van der Waals surface area (Å²) in [5.41, 5.74) is 0.641. The summed E-state index contributed by atoms with van der Waals surface area (Å²) in [5, 5.41) is 6.48. The second-order valence-electron chi connectivity index (χ2n) is 4.03. The molecule has 1 aliphatic heterocycles. The Balaban J connectivity index is 1.76. The smallest absolute Gasteiger partial charge is 0.411 e. The molecule has 2 rings (SSSR count). The van der Waals surface area contributed by atoms with Crippen molar-refractivity contribution in [2.75, 3.05) is 18.5 Å². The van der Waals surface area contributed by atoms with Crippen LogP contribution in [0.5, 0.6) is 0 Å². The Bertz CT molecular complexity index is 392. The van der Waals surface area contributed by atoms with Gasteiger partial charge in [0.15, 0.2) is 0 Å². The fourth-order valence-corrected chi connectivity index (χ4v) is 1.99. The van der Waals surface area contributed by atoms with Crippen molar-refractivity contribution in [3.8, 4) is 0 Å². The van der Waals surface area contributed by atoms with Crippen molar-refractivity contribution < 1.29 is 9.53 Å². The standard InChI is InChI=1S/C12H15ClN2O2/c13-9-3-1-4-10(7-9)15-12(16)17-8-11-5-2-6-14-11/h1,3-4,7,11,14H,2,5-6,8H2,(H,15,16). The van der Waals surface area contributed by atoms with Crippen LogP contribution in [-0.2, 0) is 4.74 Å². The Labute approximate surface area is 105 Å². The molecule has 0 radical (unpaired) electrons. The van der Waals surface area contributed by atoms with Crippen LogP contribution in [0.3, 0.4) is 0 Å². The van der Waals surface area contributed by atoms with E-state index in [9.17, 15) is 4.79 Å². The minimum Gasteiger partial charge on any atom is -0.448 e. The number of carbonyl (C=O) groups is 1. The predicted molar refractivity (Wildman–Crippen MR) is 67.4 cm³/mol. The van der Waals surface area contributed by atoms with E-state index in [-0.39, 0.29) is 0 Å². The quantitative estimate of drug-likeness (QED) is 0.872. The molecule has 1 unspecified atom stereocenters. The van der Waals surface area contributed by atoms with E-state index >= 15 is 0 Å². The topological polar surface area (TPSA) is 50.4 Å². The van der Waals surface area contributed by atoms with Gasteiger partial charge in [0.2, 0.25) is 0 Å². The van der Waals surface area contributed by atoms with Gasteiger partial charge in [0, 0.05) is 16.8 Å². The van der Waals surface area contributed by atoms with Crippen LogP contribution in [0.2, 0.25) is 5.02 Å². The average Bonchev–Trinajstić information content (AvgIpc) is 2.79. The normalized spacial score (nSPS) is 19.0. The lowest BCUT2D eigenvalue weighted by molar-refractivity contribution is 0.151. The summed E-state index contributed by atoms with van der Waals surface area (Å²) >= 11 is 5.81. The van der Waals surface area contributed by atoms with Gasteiger partial charge in [-0.2, -0.15) is 0 Å². The molecule has 0 aromatic heterocycles. The summed E-state index contributed by atoms with van der Waals surface area (Å²) in [6.45, 7) is 1.41. The van der Waals surface area contributed by atoms with Gasteiger partial charge in [0.05, 0.1) is 0 Å². The summed E-state index contributed by atoms with van der Waals surface area (Å²) in [6, 6.07) is 7.26. The first-order chi connectivity index (χ1) is 8.24. The Hall–Kier alpha value is -1.26. The summed E-state index contributed by atoms with van der Waals surface area (Å²) in [4.78, 5) is 11.5. The summed E-state index contributed by atoms with van der Waals surface area (Å²) in [7, 11) is 0. The molecule has 1 aromatic carbocycles. The maximum Gasteiger partial charge on any atom is 0.411 e. The van der Waals surface area contributed by atoms with Crippen LogP contribution in [0.1, 0.15) is 12.8 Å². The summed E-state index contributed by atoms with van der Waals surface area (Å²) < 4.78 is 5.11. The Morgan fingerprint density at radius 2 is 2.47 bits per heavy atom. The number of hydrogen-bond donors (Lipinski definition) is 2. The third-order valence-corrected chi connectivity index (χ3v) is 2.88. The maximum absolute atomic E-state index is 11.5. The van der Waals surface area contributed by atoms with Gasteiger partial charge in [-0.15, -0.1) is 0 Å². The fourth-order valence-electron chi connectivity index (χ4n) is 1.80. The molecule has 0 spiro atoms. The molecular formula is C12H15ClN2O2. The molecule has 17 heavy (non-hydrogen) atoms. The fraction of sp³-hybridized carbons (Fsp3) is 0.417. The molecule has 4 nitrogen and oxygen atoms in total. The number of nitrogens with one attached hydrogen (secondary N) is 2. The SMILES string of the molecule is O=C(Nc1cccc(Cl)c1)OCC1CCCN1. The molecule has 1 atom stereocenters. The van der Waals surface area contributed by atoms with Gasteiger partial charge in [0.1, 0.15) is 6.61 Å². The van der Waals surface area contributed by atoms with Crippen LogP contribution in [0.4, 0.5) is 10.5 Å². The van der Waals surface area contributed by atoms with Crippen LogP contribution < -0.4 is 10.6 Å². The zero-order chi connectivity index (χ0) is 12.1. The van der Waals surface area contributed by atoms with Crippen LogP contribution in [0.15, 0.2) is 24.3 Å². The number of benzene rings is 1. The third kappa shape index (κ3) is 3.91. The Morgan fingerprint density at radius 3 is 3.18 bits per heavy atom. The molecule has 1 heterocycles. The van der Waals surface area contributed by atoms with Gasteiger partial charge in [-0.05, 0) is 37.6 Å². The van der Waals surface area contributed by atoms with Gasteiger partial charge in [-0.3, -0.25) is 5.32 Å². The first-order valence-corrected chi connectivity index (χ1v) is 6.04. The van der Waals surface area contributed by atoms with Crippen molar-refractivity contribution in [3.63, 3.8) is 0 Å². The molecule has 1 fully saturated rings. The van der Waals surface area contributed by atoms with E-state index in [1.165, 1.54) is 0 Å². The van der Waals surface area contributed by atoms with Crippen molar-refractivity contribution >= 4 is 23.4 Å². The summed E-state index contributed by atoms with van der Waals surface area (Å²) in [5.74, 6) is 0. The lowest BCUT2D eigenvalue weighted by Gasteiger charge is -2.11. The van der Waals surface area contributed by atoms with Crippen molar-refractivity contribution in [1.29, 1.82) is 0 Å². The number of rotatable bonds is 3.